The van der Waals surface area contributed by atoms with E-state index in [0.29, 0.717) is 17.4 Å². The third-order valence-corrected chi connectivity index (χ3v) is 4.97. The second-order valence-corrected chi connectivity index (χ2v) is 9.26. The van der Waals surface area contributed by atoms with Gasteiger partial charge in [0.05, 0.1) is 11.4 Å². The van der Waals surface area contributed by atoms with Crippen LogP contribution >= 0.6 is 11.6 Å². The van der Waals surface area contributed by atoms with Gasteiger partial charge in [-0.15, -0.1) is 0 Å². The van der Waals surface area contributed by atoms with Crippen LogP contribution in [0.5, 0.6) is 0 Å². The van der Waals surface area contributed by atoms with Gasteiger partial charge in [0.2, 0.25) is 5.91 Å². The number of carbonyl (C=O) groups is 2. The van der Waals surface area contributed by atoms with E-state index in [1.807, 2.05) is 76.2 Å². The fourth-order valence-corrected chi connectivity index (χ4v) is 3.40. The molecule has 0 unspecified atom stereocenters. The zero-order chi connectivity index (χ0) is 24.0. The summed E-state index contributed by atoms with van der Waals surface area (Å²) in [5.74, 6) is 0.205. The number of amides is 3. The lowest BCUT2D eigenvalue weighted by Crippen LogP contribution is -2.50. The number of rotatable bonds is 7. The van der Waals surface area contributed by atoms with Crippen LogP contribution in [0.15, 0.2) is 60.7 Å². The van der Waals surface area contributed by atoms with Gasteiger partial charge >= 0.3 is 6.03 Å². The summed E-state index contributed by atoms with van der Waals surface area (Å²) < 4.78 is 1.66. The van der Waals surface area contributed by atoms with Crippen LogP contribution in [0.2, 0.25) is 5.02 Å². The van der Waals surface area contributed by atoms with E-state index in [-0.39, 0.29) is 18.5 Å². The van der Waals surface area contributed by atoms with Gasteiger partial charge in [-0.25, -0.2) is 9.48 Å². The number of carbonyl (C=O) groups excluding carboxylic acids is 2. The Labute approximate surface area is 199 Å². The lowest BCUT2D eigenvalue weighted by atomic mass is 10.1. The van der Waals surface area contributed by atoms with E-state index in [1.165, 1.54) is 4.90 Å². The second-order valence-electron chi connectivity index (χ2n) is 8.82. The molecule has 33 heavy (non-hydrogen) atoms. The summed E-state index contributed by atoms with van der Waals surface area (Å²) in [6, 6.07) is 18.5. The molecular formula is C25H30ClN5O2. The highest BCUT2D eigenvalue weighted by Crippen LogP contribution is 2.25. The minimum Gasteiger partial charge on any atom is -0.333 e. The van der Waals surface area contributed by atoms with Crippen molar-refractivity contribution in [3.8, 4) is 16.9 Å². The van der Waals surface area contributed by atoms with Gasteiger partial charge in [0, 0.05) is 28.7 Å². The fourth-order valence-electron chi connectivity index (χ4n) is 3.28. The smallest absolute Gasteiger partial charge is 0.318 e. The van der Waals surface area contributed by atoms with E-state index in [2.05, 4.69) is 10.6 Å². The Balaban J connectivity index is 1.86. The van der Waals surface area contributed by atoms with Gasteiger partial charge in [-0.1, -0.05) is 48.9 Å². The van der Waals surface area contributed by atoms with Crippen molar-refractivity contribution in [2.75, 3.05) is 18.4 Å². The molecule has 3 rings (SSSR count). The minimum absolute atomic E-state index is 0.0672. The molecule has 0 atom stereocenters. The van der Waals surface area contributed by atoms with Gasteiger partial charge < -0.3 is 15.5 Å². The summed E-state index contributed by atoms with van der Waals surface area (Å²) in [5.41, 5.74) is 2.01. The summed E-state index contributed by atoms with van der Waals surface area (Å²) in [4.78, 5) is 27.1. The van der Waals surface area contributed by atoms with E-state index in [0.717, 1.165) is 23.4 Å². The first-order valence-electron chi connectivity index (χ1n) is 10.9. The Bertz CT molecular complexity index is 1090. The van der Waals surface area contributed by atoms with Gasteiger partial charge in [-0.05, 0) is 51.5 Å². The molecule has 3 amide bonds. The molecule has 0 saturated heterocycles. The fraction of sp³-hybridized carbons (Fsp3) is 0.320. The molecule has 0 aliphatic carbocycles. The standard InChI is InChI=1S/C25H30ClN5O2/c1-5-15-30(24(33)28-25(2,3)4)17-23(32)27-22-16-21(18-9-7-6-8-10-18)29-31(22)20-13-11-19(26)12-14-20/h6-14,16H,5,15,17H2,1-4H3,(H,27,32)(H,28,33). The number of anilines is 1. The first-order chi connectivity index (χ1) is 15.7. The first kappa shape index (κ1) is 24.3. The number of hydrogen-bond acceptors (Lipinski definition) is 3. The Kier molecular flexibility index (Phi) is 7.76. The molecule has 1 aromatic heterocycles. The number of nitrogens with one attached hydrogen (secondary N) is 2. The molecule has 0 fully saturated rings. The Morgan fingerprint density at radius 2 is 1.73 bits per heavy atom. The zero-order valence-corrected chi connectivity index (χ0v) is 20.2. The van der Waals surface area contributed by atoms with Crippen LogP contribution in [0.1, 0.15) is 34.1 Å². The maximum atomic E-state index is 13.0. The molecule has 0 bridgehead atoms. The van der Waals surface area contributed by atoms with E-state index < -0.39 is 5.54 Å². The molecule has 0 radical (unpaired) electrons. The molecule has 7 nitrogen and oxygen atoms in total. The lowest BCUT2D eigenvalue weighted by molar-refractivity contribution is -0.116. The minimum atomic E-state index is -0.392. The predicted octanol–water partition coefficient (Wildman–Crippen LogP) is 5.35. The van der Waals surface area contributed by atoms with E-state index in [4.69, 9.17) is 16.7 Å². The van der Waals surface area contributed by atoms with Gasteiger partial charge in [-0.2, -0.15) is 5.10 Å². The summed E-state index contributed by atoms with van der Waals surface area (Å²) in [6.07, 6.45) is 0.742. The number of halogens is 1. The van der Waals surface area contributed by atoms with Gasteiger partial charge in [-0.3, -0.25) is 4.79 Å². The highest BCUT2D eigenvalue weighted by atomic mass is 35.5. The summed E-state index contributed by atoms with van der Waals surface area (Å²) in [5, 5.41) is 11.2. The average molecular weight is 468 g/mol. The summed E-state index contributed by atoms with van der Waals surface area (Å²) >= 11 is 6.04. The monoisotopic (exact) mass is 467 g/mol. The molecule has 0 aliphatic heterocycles. The van der Waals surface area contributed by atoms with Crippen molar-refractivity contribution < 1.29 is 9.59 Å². The van der Waals surface area contributed by atoms with E-state index in [1.54, 1.807) is 16.8 Å². The Hall–Kier alpha value is -3.32. The highest BCUT2D eigenvalue weighted by molar-refractivity contribution is 6.30. The topological polar surface area (TPSA) is 79.3 Å². The number of nitrogens with zero attached hydrogens (tertiary/aromatic N) is 3. The molecule has 1 heterocycles. The number of urea groups is 1. The Morgan fingerprint density at radius 3 is 2.33 bits per heavy atom. The van der Waals surface area contributed by atoms with Crippen LogP contribution < -0.4 is 10.6 Å². The molecule has 3 aromatic rings. The van der Waals surface area contributed by atoms with Crippen molar-refractivity contribution in [3.05, 3.63) is 65.7 Å². The van der Waals surface area contributed by atoms with Crippen molar-refractivity contribution >= 4 is 29.4 Å². The molecule has 0 saturated carbocycles. The third-order valence-electron chi connectivity index (χ3n) is 4.71. The third kappa shape index (κ3) is 6.83. The van der Waals surface area contributed by atoms with Crippen LogP contribution in [-0.4, -0.2) is 45.2 Å². The van der Waals surface area contributed by atoms with Crippen molar-refractivity contribution in [2.24, 2.45) is 0 Å². The van der Waals surface area contributed by atoms with Crippen LogP contribution in [0.25, 0.3) is 16.9 Å². The summed E-state index contributed by atoms with van der Waals surface area (Å²) in [7, 11) is 0. The van der Waals surface area contributed by atoms with Gasteiger partial charge in [0.25, 0.3) is 0 Å². The maximum Gasteiger partial charge on any atom is 0.318 e. The largest absolute Gasteiger partial charge is 0.333 e. The van der Waals surface area contributed by atoms with Crippen LogP contribution in [0.4, 0.5) is 10.6 Å². The SMILES string of the molecule is CCCN(CC(=O)Nc1cc(-c2ccccc2)nn1-c1ccc(Cl)cc1)C(=O)NC(C)(C)C. The van der Waals surface area contributed by atoms with Gasteiger partial charge in [0.1, 0.15) is 12.4 Å². The molecule has 0 spiro atoms. The molecule has 2 aromatic carbocycles. The maximum absolute atomic E-state index is 13.0. The quantitative estimate of drug-likeness (QED) is 0.491. The zero-order valence-electron chi connectivity index (χ0n) is 19.4. The van der Waals surface area contributed by atoms with Crippen LogP contribution in [-0.2, 0) is 4.79 Å². The highest BCUT2D eigenvalue weighted by Gasteiger charge is 2.22. The predicted molar refractivity (Wildman–Crippen MR) is 133 cm³/mol. The first-order valence-corrected chi connectivity index (χ1v) is 11.3. The van der Waals surface area contributed by atoms with Crippen molar-refractivity contribution in [2.45, 2.75) is 39.7 Å². The molecule has 2 N–H and O–H groups in total. The van der Waals surface area contributed by atoms with Crippen molar-refractivity contribution in [1.29, 1.82) is 0 Å². The number of hydrogen-bond donors (Lipinski definition) is 2. The second kappa shape index (κ2) is 10.5. The Morgan fingerprint density at radius 1 is 1.06 bits per heavy atom. The molecule has 8 heteroatoms. The number of aromatic nitrogens is 2. The van der Waals surface area contributed by atoms with E-state index >= 15 is 0 Å². The van der Waals surface area contributed by atoms with Crippen LogP contribution in [0.3, 0.4) is 0 Å². The number of benzene rings is 2. The lowest BCUT2D eigenvalue weighted by Gasteiger charge is -2.27. The molecule has 0 aliphatic rings. The van der Waals surface area contributed by atoms with Crippen molar-refractivity contribution in [1.82, 2.24) is 20.0 Å². The van der Waals surface area contributed by atoms with Crippen molar-refractivity contribution in [3.63, 3.8) is 0 Å². The molecular weight excluding hydrogens is 438 g/mol. The molecule has 174 valence electrons. The normalized spacial score (nSPS) is 11.2. The van der Waals surface area contributed by atoms with Crippen LogP contribution in [0, 0.1) is 0 Å². The summed E-state index contributed by atoms with van der Waals surface area (Å²) in [6.45, 7) is 8.10. The van der Waals surface area contributed by atoms with Gasteiger partial charge in [0.15, 0.2) is 0 Å². The van der Waals surface area contributed by atoms with E-state index in [9.17, 15) is 9.59 Å². The average Bonchev–Trinajstić information content (AvgIpc) is 3.17.